The zero-order chi connectivity index (χ0) is 45.9. The Balaban J connectivity index is 0.000000243. The number of hydrogen-bond donors (Lipinski definition) is 1. The molecule has 13 nitrogen and oxygen atoms in total. The van der Waals surface area contributed by atoms with Gasteiger partial charge in [0.15, 0.2) is 19.7 Å². The third-order valence-electron chi connectivity index (χ3n) is 11.7. The maximum atomic E-state index is 13.2. The highest BCUT2D eigenvalue weighted by atomic mass is 32.2. The summed E-state index contributed by atoms with van der Waals surface area (Å²) in [6, 6.07) is 12.2. The Morgan fingerprint density at radius 3 is 1.44 bits per heavy atom. The molecule has 0 unspecified atom stereocenters. The minimum atomic E-state index is -3.53. The number of esters is 1. The molecule has 4 aliphatic rings. The van der Waals surface area contributed by atoms with Crippen LogP contribution < -0.4 is 15.2 Å². The van der Waals surface area contributed by atoms with Gasteiger partial charge in [-0.25, -0.2) is 25.6 Å². The lowest BCUT2D eigenvalue weighted by atomic mass is 10.1. The van der Waals surface area contributed by atoms with E-state index < -0.39 is 31.2 Å². The van der Waals surface area contributed by atoms with Gasteiger partial charge in [0.05, 0.1) is 34.0 Å². The van der Waals surface area contributed by atoms with Gasteiger partial charge in [0.1, 0.15) is 30.3 Å². The van der Waals surface area contributed by atoms with Crippen molar-refractivity contribution in [1.82, 2.24) is 9.80 Å². The largest absolute Gasteiger partial charge is 0.489 e. The minimum Gasteiger partial charge on any atom is -0.489 e. The van der Waals surface area contributed by atoms with Crippen LogP contribution in [0.15, 0.2) is 82.1 Å². The van der Waals surface area contributed by atoms with Crippen LogP contribution in [0.5, 0.6) is 11.5 Å². The first-order valence-electron chi connectivity index (χ1n) is 21.7. The summed E-state index contributed by atoms with van der Waals surface area (Å²) >= 11 is 0. The Labute approximate surface area is 371 Å². The minimum absolute atomic E-state index is 0.0172. The lowest BCUT2D eigenvalue weighted by Crippen LogP contribution is -2.41. The second-order valence-corrected chi connectivity index (χ2v) is 22.4. The molecule has 0 atom stereocenters. The fraction of sp³-hybridized carbons (Fsp3) is 0.587. The number of carbonyl (C=O) groups excluding carboxylic acids is 3. The van der Waals surface area contributed by atoms with E-state index in [0.29, 0.717) is 67.8 Å². The summed E-state index contributed by atoms with van der Waals surface area (Å²) in [5.74, 6) is 0.761. The van der Waals surface area contributed by atoms with Gasteiger partial charge in [-0.2, -0.15) is 0 Å². The van der Waals surface area contributed by atoms with E-state index >= 15 is 0 Å². The molecule has 2 aromatic carbocycles. The maximum absolute atomic E-state index is 13.2. The summed E-state index contributed by atoms with van der Waals surface area (Å²) in [5, 5.41) is 0. The predicted molar refractivity (Wildman–Crippen MR) is 235 cm³/mol. The van der Waals surface area contributed by atoms with E-state index in [-0.39, 0.29) is 76.5 Å². The molecule has 2 amide bonds. The Bertz CT molecular complexity index is 2180. The van der Waals surface area contributed by atoms with Gasteiger partial charge in [-0.1, -0.05) is 0 Å². The van der Waals surface area contributed by atoms with Gasteiger partial charge in [-0.05, 0) is 133 Å². The van der Waals surface area contributed by atoms with E-state index in [1.165, 1.54) is 24.3 Å². The van der Waals surface area contributed by atoms with Crippen LogP contribution in [0.2, 0.25) is 0 Å². The number of nitrogens with two attached hydrogens (primary N) is 1. The number of ether oxygens (including phenoxy) is 3. The molecule has 63 heavy (non-hydrogen) atoms. The molecule has 6 rings (SSSR count). The van der Waals surface area contributed by atoms with E-state index in [9.17, 15) is 40.0 Å². The van der Waals surface area contributed by atoms with Crippen LogP contribution >= 0.6 is 0 Å². The SMILES string of the molecule is CC(C)(C)OC(=O)CC/C(=C\F)COc1ccc(S(=O)(=O)CC2(CN3CCCCC3=O)CC2)cc1.NC/C(=C\F)COc1ccc(S(=O)(=O)CC2(CN3CCCCC3=O)CC2)cc1. The van der Waals surface area contributed by atoms with Crippen LogP contribution in [0, 0.1) is 10.8 Å². The number of carbonyl (C=O) groups is 3. The number of hydrogen-bond acceptors (Lipinski definition) is 11. The first-order chi connectivity index (χ1) is 29.8. The van der Waals surface area contributed by atoms with Crippen LogP contribution in [-0.2, 0) is 38.8 Å². The van der Waals surface area contributed by atoms with E-state index in [1.807, 2.05) is 9.80 Å². The highest BCUT2D eigenvalue weighted by Gasteiger charge is 2.49. The van der Waals surface area contributed by atoms with Crippen molar-refractivity contribution in [2.45, 2.75) is 113 Å². The van der Waals surface area contributed by atoms with Gasteiger partial charge in [-0.3, -0.25) is 14.4 Å². The van der Waals surface area contributed by atoms with E-state index in [1.54, 1.807) is 45.0 Å². The molecule has 0 radical (unpaired) electrons. The van der Waals surface area contributed by atoms with Gasteiger partial charge < -0.3 is 29.7 Å². The van der Waals surface area contributed by atoms with Crippen molar-refractivity contribution in [2.75, 3.05) is 57.4 Å². The second kappa shape index (κ2) is 21.6. The van der Waals surface area contributed by atoms with Crippen molar-refractivity contribution in [3.05, 3.63) is 72.3 Å². The molecule has 2 aliphatic heterocycles. The van der Waals surface area contributed by atoms with E-state index in [0.717, 1.165) is 57.9 Å². The van der Waals surface area contributed by atoms with Crippen LogP contribution in [0.3, 0.4) is 0 Å². The standard InChI is InChI=1S/C26H36FNO6S.C20H27FN2O4S/c1-25(2,3)34-24(30)12-7-20(16-27)17-33-21-8-10-22(11-9-21)35(31,32)19-26(13-14-26)18-28-15-5-4-6-23(28)29;21-11-16(12-22)13-27-17-4-6-18(7-5-17)28(25,26)15-20(8-9-20)14-23-10-2-1-3-19(23)24/h8-11,16H,4-7,12-15,17-19H2,1-3H3;4-7,11H,1-3,8-10,12-15,22H2/b20-16+;16-11+. The quantitative estimate of drug-likeness (QED) is 0.135. The van der Waals surface area contributed by atoms with Crippen molar-refractivity contribution in [3.63, 3.8) is 0 Å². The fourth-order valence-corrected chi connectivity index (χ4v) is 11.5. The first-order valence-corrected chi connectivity index (χ1v) is 25.0. The molecule has 2 aliphatic carbocycles. The maximum Gasteiger partial charge on any atom is 0.306 e. The molecule has 0 bridgehead atoms. The Hall–Kier alpha value is -4.35. The van der Waals surface area contributed by atoms with E-state index in [4.69, 9.17) is 19.9 Å². The van der Waals surface area contributed by atoms with Gasteiger partial charge in [0.2, 0.25) is 11.8 Å². The molecule has 4 fully saturated rings. The Morgan fingerprint density at radius 2 is 1.10 bits per heavy atom. The molecule has 348 valence electrons. The summed E-state index contributed by atoms with van der Waals surface area (Å²) in [5.41, 5.74) is 4.73. The number of rotatable bonds is 20. The highest BCUT2D eigenvalue weighted by molar-refractivity contribution is 7.91. The highest BCUT2D eigenvalue weighted by Crippen LogP contribution is 2.49. The lowest BCUT2D eigenvalue weighted by Gasteiger charge is -2.30. The predicted octanol–water partition coefficient (Wildman–Crippen LogP) is 7.05. The number of benzene rings is 2. The van der Waals surface area contributed by atoms with Crippen LogP contribution in [0.1, 0.15) is 97.8 Å². The fourth-order valence-electron chi connectivity index (χ4n) is 7.68. The zero-order valence-corrected chi connectivity index (χ0v) is 38.4. The van der Waals surface area contributed by atoms with Crippen molar-refractivity contribution in [2.24, 2.45) is 16.6 Å². The number of sulfone groups is 2. The number of amides is 2. The molecular formula is C46H63F2N3O10S2. The smallest absolute Gasteiger partial charge is 0.306 e. The molecule has 2 N–H and O–H groups in total. The molecular weight excluding hydrogens is 857 g/mol. The second-order valence-electron chi connectivity index (χ2n) is 18.4. The van der Waals surface area contributed by atoms with Crippen molar-refractivity contribution < 1.29 is 54.2 Å². The topological polar surface area (TPSA) is 180 Å². The lowest BCUT2D eigenvalue weighted by molar-refractivity contribution is -0.154. The van der Waals surface area contributed by atoms with E-state index in [2.05, 4.69) is 0 Å². The van der Waals surface area contributed by atoms with Crippen molar-refractivity contribution in [3.8, 4) is 11.5 Å². The Kier molecular flexibility index (Phi) is 17.0. The first kappa shape index (κ1) is 49.7. The van der Waals surface area contributed by atoms with Crippen molar-refractivity contribution >= 4 is 37.5 Å². The number of piperidine rings is 2. The normalized spacial score (nSPS) is 18.9. The molecule has 0 aromatic heterocycles. The monoisotopic (exact) mass is 919 g/mol. The summed E-state index contributed by atoms with van der Waals surface area (Å²) in [7, 11) is -6.99. The number of halogens is 2. The average molecular weight is 920 g/mol. The summed E-state index contributed by atoms with van der Waals surface area (Å²) in [4.78, 5) is 40.1. The number of nitrogens with zero attached hydrogens (tertiary/aromatic N) is 2. The van der Waals surface area contributed by atoms with Gasteiger partial charge in [0.25, 0.3) is 0 Å². The van der Waals surface area contributed by atoms with Crippen LogP contribution in [-0.4, -0.2) is 107 Å². The molecule has 0 spiro atoms. The van der Waals surface area contributed by atoms with Crippen LogP contribution in [0.4, 0.5) is 8.78 Å². The molecule has 2 heterocycles. The summed E-state index contributed by atoms with van der Waals surface area (Å²) in [6.45, 7) is 7.80. The van der Waals surface area contributed by atoms with Gasteiger partial charge >= 0.3 is 5.97 Å². The molecule has 17 heteroatoms. The molecule has 2 saturated carbocycles. The molecule has 2 saturated heterocycles. The number of likely N-dealkylation sites (tertiary alicyclic amines) is 2. The zero-order valence-electron chi connectivity index (χ0n) is 36.7. The summed E-state index contributed by atoms with van der Waals surface area (Å²) in [6.07, 6.45) is 9.20. The molecule has 2 aromatic rings. The van der Waals surface area contributed by atoms with Gasteiger partial charge in [-0.15, -0.1) is 0 Å². The third-order valence-corrected chi connectivity index (χ3v) is 15.6. The third kappa shape index (κ3) is 15.4. The van der Waals surface area contributed by atoms with Crippen LogP contribution in [0.25, 0.3) is 0 Å². The average Bonchev–Trinajstić information content (AvgIpc) is 4.17. The van der Waals surface area contributed by atoms with Gasteiger partial charge in [0, 0.05) is 68.4 Å². The van der Waals surface area contributed by atoms with Crippen molar-refractivity contribution in [1.29, 1.82) is 0 Å². The Morgan fingerprint density at radius 1 is 0.683 bits per heavy atom. The summed E-state index contributed by atoms with van der Waals surface area (Å²) < 4.78 is 93.8.